The van der Waals surface area contributed by atoms with Crippen LogP contribution < -0.4 is 4.74 Å². The Balaban J connectivity index is 2.38. The molecule has 0 atom stereocenters. The van der Waals surface area contributed by atoms with E-state index in [4.69, 9.17) is 9.47 Å². The highest BCUT2D eigenvalue weighted by Crippen LogP contribution is 2.19. The Morgan fingerprint density at radius 1 is 1.07 bits per heavy atom. The van der Waals surface area contributed by atoms with Crippen molar-refractivity contribution in [3.05, 3.63) is 59.7 Å². The van der Waals surface area contributed by atoms with Crippen LogP contribution in [0.5, 0.6) is 5.75 Å². The van der Waals surface area contributed by atoms with Crippen LogP contribution >= 0.6 is 0 Å². The van der Waals surface area contributed by atoms with Crippen LogP contribution in [0.2, 0.25) is 0 Å². The van der Waals surface area contributed by atoms with Crippen LogP contribution in [0, 0.1) is 18.9 Å². The van der Waals surface area contributed by atoms with E-state index in [1.54, 1.807) is 50.4 Å². The molecular weight excluding hydrogens is 366 g/mol. The Kier molecular flexibility index (Phi) is 6.85. The molecule has 0 spiro atoms. The summed E-state index contributed by atoms with van der Waals surface area (Å²) in [6, 6.07) is 15.8. The maximum absolute atomic E-state index is 13.0. The second-order valence-corrected chi connectivity index (χ2v) is 7.49. The zero-order chi connectivity index (χ0) is 19.9. The van der Waals surface area contributed by atoms with Gasteiger partial charge in [-0.2, -0.15) is 0 Å². The van der Waals surface area contributed by atoms with E-state index in [2.05, 4.69) is 12.0 Å². The van der Waals surface area contributed by atoms with Gasteiger partial charge in [0.05, 0.1) is 25.2 Å². The summed E-state index contributed by atoms with van der Waals surface area (Å²) in [6.45, 7) is 3.66. The molecule has 0 aliphatic rings. The summed E-state index contributed by atoms with van der Waals surface area (Å²) in [6.07, 6.45) is 0. The molecule has 2 aromatic carbocycles. The number of nitrogens with zero attached hydrogens (tertiary/aromatic N) is 1. The van der Waals surface area contributed by atoms with Crippen molar-refractivity contribution < 1.29 is 22.7 Å². The number of rotatable bonds is 6. The second kappa shape index (κ2) is 9.10. The molecule has 0 aliphatic carbocycles. The Bertz CT molecular complexity index is 939. The lowest BCUT2D eigenvalue weighted by atomic mass is 10.2. The van der Waals surface area contributed by atoms with Crippen LogP contribution in [-0.4, -0.2) is 32.4 Å². The number of benzene rings is 2. The lowest BCUT2D eigenvalue weighted by Crippen LogP contribution is -2.26. The van der Waals surface area contributed by atoms with Crippen LogP contribution in [0.15, 0.2) is 53.4 Å². The summed E-state index contributed by atoms with van der Waals surface area (Å²) >= 11 is 0. The number of hydrogen-bond acceptors (Lipinski definition) is 5. The number of hydrogen-bond donors (Lipinski definition) is 0. The van der Waals surface area contributed by atoms with Crippen molar-refractivity contribution in [1.29, 1.82) is 0 Å². The predicted molar refractivity (Wildman–Crippen MR) is 101 cm³/mol. The lowest BCUT2D eigenvalue weighted by molar-refractivity contribution is -0.136. The molecule has 0 radical (unpaired) electrons. The first-order valence-corrected chi connectivity index (χ1v) is 9.71. The molecule has 27 heavy (non-hydrogen) atoms. The number of esters is 1. The van der Waals surface area contributed by atoms with E-state index in [9.17, 15) is 13.2 Å². The molecule has 2 rings (SSSR count). The van der Waals surface area contributed by atoms with Crippen molar-refractivity contribution in [2.45, 2.75) is 25.3 Å². The summed E-state index contributed by atoms with van der Waals surface area (Å²) in [5.41, 5.74) is 1.64. The van der Waals surface area contributed by atoms with Gasteiger partial charge in [-0.25, -0.2) is 17.5 Å². The summed E-state index contributed by atoms with van der Waals surface area (Å²) < 4.78 is 36.8. The van der Waals surface area contributed by atoms with E-state index in [1.807, 2.05) is 6.92 Å². The van der Waals surface area contributed by atoms with Gasteiger partial charge >= 0.3 is 5.97 Å². The van der Waals surface area contributed by atoms with Crippen LogP contribution in [0.3, 0.4) is 0 Å². The third kappa shape index (κ3) is 5.50. The molecule has 142 valence electrons. The Labute approximate surface area is 159 Å². The third-order valence-corrected chi connectivity index (χ3v) is 5.32. The third-order valence-electron chi connectivity index (χ3n) is 3.65. The van der Waals surface area contributed by atoms with Gasteiger partial charge in [0.1, 0.15) is 5.75 Å². The molecule has 0 fully saturated rings. The molecule has 0 unspecified atom stereocenters. The van der Waals surface area contributed by atoms with Gasteiger partial charge in [-0.3, -0.25) is 0 Å². The van der Waals surface area contributed by atoms with E-state index in [1.165, 1.54) is 12.1 Å². The molecular formula is C20H21NO5S. The second-order valence-electron chi connectivity index (χ2n) is 5.63. The Morgan fingerprint density at radius 3 is 2.26 bits per heavy atom. The zero-order valence-electron chi connectivity index (χ0n) is 15.4. The fourth-order valence-electron chi connectivity index (χ4n) is 2.19. The molecule has 0 saturated carbocycles. The van der Waals surface area contributed by atoms with E-state index < -0.39 is 16.0 Å². The Hall–Kier alpha value is -2.98. The number of sulfonamides is 1. The van der Waals surface area contributed by atoms with Crippen molar-refractivity contribution in [2.75, 3.05) is 13.7 Å². The monoisotopic (exact) mass is 387 g/mol. The molecule has 0 bridgehead atoms. The largest absolute Gasteiger partial charge is 0.497 e. The van der Waals surface area contributed by atoms with Crippen LogP contribution in [0.25, 0.3) is 0 Å². The van der Waals surface area contributed by atoms with Crippen molar-refractivity contribution in [3.63, 3.8) is 0 Å². The first kappa shape index (κ1) is 20.3. The van der Waals surface area contributed by atoms with Gasteiger partial charge in [0.15, 0.2) is 0 Å². The average Bonchev–Trinajstić information content (AvgIpc) is 2.66. The molecule has 0 saturated heterocycles. The van der Waals surface area contributed by atoms with Crippen molar-refractivity contribution in [3.8, 4) is 17.7 Å². The first-order valence-electron chi connectivity index (χ1n) is 8.27. The Morgan fingerprint density at radius 2 is 1.70 bits per heavy atom. The molecule has 0 aliphatic heterocycles. The highest BCUT2D eigenvalue weighted by Gasteiger charge is 2.22. The zero-order valence-corrected chi connectivity index (χ0v) is 16.2. The van der Waals surface area contributed by atoms with Crippen molar-refractivity contribution >= 4 is 16.0 Å². The standard InChI is InChI=1S/C20H21NO5S/c1-4-26-20(22)13-14-21(15-17-7-9-18(25-3)10-8-17)27(23,24)19-11-5-16(2)6-12-19/h5-12H,4,15H2,1-3H3. The van der Waals surface area contributed by atoms with E-state index in [0.29, 0.717) is 11.3 Å². The highest BCUT2D eigenvalue weighted by molar-refractivity contribution is 7.89. The number of carbonyl (C=O) groups is 1. The van der Waals surface area contributed by atoms with E-state index in [0.717, 1.165) is 9.87 Å². The fraction of sp³-hybridized carbons (Fsp3) is 0.250. The minimum atomic E-state index is -3.92. The molecule has 6 nitrogen and oxygen atoms in total. The fourth-order valence-corrected chi connectivity index (χ4v) is 3.41. The summed E-state index contributed by atoms with van der Waals surface area (Å²) in [7, 11) is -2.37. The lowest BCUT2D eigenvalue weighted by Gasteiger charge is -2.18. The predicted octanol–water partition coefficient (Wildman–Crippen LogP) is 2.72. The minimum Gasteiger partial charge on any atom is -0.497 e. The summed E-state index contributed by atoms with van der Waals surface area (Å²) in [5.74, 6) is 2.10. The molecule has 0 heterocycles. The normalized spacial score (nSPS) is 10.5. The summed E-state index contributed by atoms with van der Waals surface area (Å²) in [4.78, 5) is 11.7. The van der Waals surface area contributed by atoms with E-state index in [-0.39, 0.29) is 18.0 Å². The van der Waals surface area contributed by atoms with Gasteiger partial charge in [0, 0.05) is 12.0 Å². The number of methoxy groups -OCH3 is 1. The average molecular weight is 387 g/mol. The van der Waals surface area contributed by atoms with Gasteiger partial charge in [0.25, 0.3) is 10.0 Å². The van der Waals surface area contributed by atoms with Crippen molar-refractivity contribution in [1.82, 2.24) is 4.31 Å². The number of ether oxygens (including phenoxy) is 2. The topological polar surface area (TPSA) is 72.9 Å². The molecule has 0 amide bonds. The van der Waals surface area contributed by atoms with Crippen LogP contribution in [-0.2, 0) is 26.1 Å². The smallest absolute Gasteiger partial charge is 0.386 e. The van der Waals surface area contributed by atoms with Crippen LogP contribution in [0.1, 0.15) is 18.1 Å². The maximum Gasteiger partial charge on any atom is 0.386 e. The number of aryl methyl sites for hydroxylation is 1. The first-order chi connectivity index (χ1) is 12.9. The summed E-state index contributed by atoms with van der Waals surface area (Å²) in [5, 5.41) is 0. The molecule has 7 heteroatoms. The number of carbonyl (C=O) groups excluding carboxylic acids is 1. The minimum absolute atomic E-state index is 0.0212. The molecule has 2 aromatic rings. The van der Waals surface area contributed by atoms with Gasteiger partial charge in [-0.1, -0.05) is 29.8 Å². The van der Waals surface area contributed by atoms with Gasteiger partial charge in [0.2, 0.25) is 0 Å². The van der Waals surface area contributed by atoms with Crippen LogP contribution in [0.4, 0.5) is 0 Å². The quantitative estimate of drug-likeness (QED) is 0.433. The van der Waals surface area contributed by atoms with Gasteiger partial charge in [-0.15, -0.1) is 0 Å². The van der Waals surface area contributed by atoms with E-state index >= 15 is 0 Å². The van der Waals surface area contributed by atoms with Crippen molar-refractivity contribution in [2.24, 2.45) is 0 Å². The highest BCUT2D eigenvalue weighted by atomic mass is 32.2. The maximum atomic E-state index is 13.0. The molecule has 0 N–H and O–H groups in total. The SMILES string of the molecule is CCOC(=O)C#CN(Cc1ccc(OC)cc1)S(=O)(=O)c1ccc(C)cc1. The molecule has 0 aromatic heterocycles. The van der Waals surface area contributed by atoms with Gasteiger partial charge in [-0.05, 0) is 43.7 Å². The van der Waals surface area contributed by atoms with Gasteiger partial charge < -0.3 is 9.47 Å².